The predicted molar refractivity (Wildman–Crippen MR) is 45.5 cm³/mol. The second kappa shape index (κ2) is 2.92. The van der Waals surface area contributed by atoms with Gasteiger partial charge in [-0.3, -0.25) is 0 Å². The first-order chi connectivity index (χ1) is 5.81. The zero-order valence-electron chi connectivity index (χ0n) is 7.38. The van der Waals surface area contributed by atoms with Gasteiger partial charge in [0.25, 0.3) is 0 Å². The average Bonchev–Trinajstić information content (AvgIpc) is 2.64. The number of hydrogen-bond donors (Lipinski definition) is 0. The maximum Gasteiger partial charge on any atom is 0.333 e. The van der Waals surface area contributed by atoms with Crippen LogP contribution in [0.25, 0.3) is 0 Å². The Morgan fingerprint density at radius 2 is 2.50 bits per heavy atom. The quantitative estimate of drug-likeness (QED) is 0.586. The molecule has 0 spiro atoms. The molecule has 2 bridgehead atoms. The summed E-state index contributed by atoms with van der Waals surface area (Å²) in [6.07, 6.45) is 5.77. The number of carbonyl (C=O) groups is 1. The number of ether oxygens (including phenoxy) is 1. The molecule has 12 heavy (non-hydrogen) atoms. The largest absolute Gasteiger partial charge is 0.463 e. The summed E-state index contributed by atoms with van der Waals surface area (Å²) in [6, 6.07) is 0. The number of hydrogen-bond acceptors (Lipinski definition) is 2. The molecular formula is C10H14O2. The highest BCUT2D eigenvalue weighted by atomic mass is 16.5. The Morgan fingerprint density at radius 3 is 3.00 bits per heavy atom. The van der Waals surface area contributed by atoms with Crippen LogP contribution in [0.1, 0.15) is 26.2 Å². The first-order valence-electron chi connectivity index (χ1n) is 4.70. The summed E-state index contributed by atoms with van der Waals surface area (Å²) >= 11 is 0. The lowest BCUT2D eigenvalue weighted by Gasteiger charge is -2.11. The van der Waals surface area contributed by atoms with Crippen LogP contribution in [-0.4, -0.2) is 12.6 Å². The van der Waals surface area contributed by atoms with E-state index in [-0.39, 0.29) is 5.97 Å². The molecule has 0 aromatic carbocycles. The van der Waals surface area contributed by atoms with Crippen LogP contribution in [0.2, 0.25) is 0 Å². The van der Waals surface area contributed by atoms with Crippen LogP contribution in [0.15, 0.2) is 11.6 Å². The Bertz CT molecular complexity index is 230. The van der Waals surface area contributed by atoms with Gasteiger partial charge in [-0.1, -0.05) is 6.08 Å². The van der Waals surface area contributed by atoms with E-state index in [1.165, 1.54) is 19.3 Å². The number of fused-ring (bicyclic) bond motifs is 2. The summed E-state index contributed by atoms with van der Waals surface area (Å²) in [5, 5.41) is 0. The van der Waals surface area contributed by atoms with Gasteiger partial charge in [0, 0.05) is 5.57 Å². The van der Waals surface area contributed by atoms with Gasteiger partial charge in [0.05, 0.1) is 6.61 Å². The molecular weight excluding hydrogens is 152 g/mol. The minimum atomic E-state index is -0.0790. The predicted octanol–water partition coefficient (Wildman–Crippen LogP) is 1.91. The third kappa shape index (κ3) is 1.15. The molecule has 2 heteroatoms. The summed E-state index contributed by atoms with van der Waals surface area (Å²) in [6.45, 7) is 2.35. The van der Waals surface area contributed by atoms with Gasteiger partial charge < -0.3 is 4.74 Å². The molecule has 2 rings (SSSR count). The fraction of sp³-hybridized carbons (Fsp3) is 0.700. The van der Waals surface area contributed by atoms with Gasteiger partial charge in [-0.05, 0) is 38.0 Å². The minimum absolute atomic E-state index is 0.0790. The SMILES string of the molecule is CCOC(=O)C1=C[C@H]2CC[C@@H]1C2. The molecule has 0 radical (unpaired) electrons. The monoisotopic (exact) mass is 166 g/mol. The number of esters is 1. The molecule has 1 fully saturated rings. The van der Waals surface area contributed by atoms with Crippen LogP contribution in [0, 0.1) is 11.8 Å². The van der Waals surface area contributed by atoms with E-state index in [0.29, 0.717) is 18.4 Å². The zero-order valence-corrected chi connectivity index (χ0v) is 7.38. The molecule has 0 amide bonds. The number of rotatable bonds is 2. The van der Waals surface area contributed by atoms with Crippen molar-refractivity contribution in [1.29, 1.82) is 0 Å². The van der Waals surface area contributed by atoms with Crippen LogP contribution in [0.4, 0.5) is 0 Å². The highest BCUT2D eigenvalue weighted by molar-refractivity contribution is 5.89. The molecule has 0 saturated heterocycles. The van der Waals surface area contributed by atoms with Gasteiger partial charge in [-0.15, -0.1) is 0 Å². The van der Waals surface area contributed by atoms with E-state index in [1.54, 1.807) is 0 Å². The molecule has 2 atom stereocenters. The van der Waals surface area contributed by atoms with E-state index in [9.17, 15) is 4.79 Å². The van der Waals surface area contributed by atoms with Crippen molar-refractivity contribution >= 4 is 5.97 Å². The van der Waals surface area contributed by atoms with Gasteiger partial charge >= 0.3 is 5.97 Å². The van der Waals surface area contributed by atoms with Gasteiger partial charge in [0.1, 0.15) is 0 Å². The summed E-state index contributed by atoms with van der Waals surface area (Å²) in [7, 11) is 0. The standard InChI is InChI=1S/C10H14O2/c1-2-12-10(11)9-6-7-3-4-8(9)5-7/h6-8H,2-5H2,1H3/t7-,8+/m0/s1. The normalized spacial score (nSPS) is 31.9. The van der Waals surface area contributed by atoms with E-state index < -0.39 is 0 Å². The van der Waals surface area contributed by atoms with Crippen molar-refractivity contribution in [2.24, 2.45) is 11.8 Å². The summed E-state index contributed by atoms with van der Waals surface area (Å²) in [5.41, 5.74) is 0.952. The Labute approximate surface area is 72.6 Å². The lowest BCUT2D eigenvalue weighted by atomic mass is 9.99. The molecule has 2 nitrogen and oxygen atoms in total. The highest BCUT2D eigenvalue weighted by Gasteiger charge is 2.36. The Kier molecular flexibility index (Phi) is 1.91. The van der Waals surface area contributed by atoms with Crippen molar-refractivity contribution in [3.05, 3.63) is 11.6 Å². The Morgan fingerprint density at radius 1 is 1.67 bits per heavy atom. The van der Waals surface area contributed by atoms with E-state index in [4.69, 9.17) is 4.74 Å². The van der Waals surface area contributed by atoms with Crippen molar-refractivity contribution in [3.63, 3.8) is 0 Å². The van der Waals surface area contributed by atoms with Crippen LogP contribution >= 0.6 is 0 Å². The molecule has 0 heterocycles. The van der Waals surface area contributed by atoms with Crippen LogP contribution in [-0.2, 0) is 9.53 Å². The fourth-order valence-electron chi connectivity index (χ4n) is 2.29. The lowest BCUT2D eigenvalue weighted by molar-refractivity contribution is -0.139. The molecule has 0 unspecified atom stereocenters. The highest BCUT2D eigenvalue weighted by Crippen LogP contribution is 2.43. The van der Waals surface area contributed by atoms with Crippen molar-refractivity contribution < 1.29 is 9.53 Å². The molecule has 0 aliphatic heterocycles. The average molecular weight is 166 g/mol. The zero-order chi connectivity index (χ0) is 8.55. The maximum absolute atomic E-state index is 11.3. The van der Waals surface area contributed by atoms with Gasteiger partial charge in [-0.2, -0.15) is 0 Å². The minimum Gasteiger partial charge on any atom is -0.463 e. The van der Waals surface area contributed by atoms with Crippen LogP contribution in [0.3, 0.4) is 0 Å². The van der Waals surface area contributed by atoms with E-state index >= 15 is 0 Å². The molecule has 0 aromatic heterocycles. The van der Waals surface area contributed by atoms with Crippen LogP contribution < -0.4 is 0 Å². The topological polar surface area (TPSA) is 26.3 Å². The summed E-state index contributed by atoms with van der Waals surface area (Å²) < 4.78 is 4.97. The summed E-state index contributed by atoms with van der Waals surface area (Å²) in [5.74, 6) is 1.12. The van der Waals surface area contributed by atoms with Crippen molar-refractivity contribution in [3.8, 4) is 0 Å². The second-order valence-electron chi connectivity index (χ2n) is 3.61. The van der Waals surface area contributed by atoms with Crippen molar-refractivity contribution in [1.82, 2.24) is 0 Å². The molecule has 0 aromatic rings. The summed E-state index contributed by atoms with van der Waals surface area (Å²) in [4.78, 5) is 11.3. The third-order valence-corrected chi connectivity index (χ3v) is 2.84. The third-order valence-electron chi connectivity index (χ3n) is 2.84. The van der Waals surface area contributed by atoms with E-state index in [0.717, 1.165) is 5.57 Å². The lowest BCUT2D eigenvalue weighted by Crippen LogP contribution is -2.12. The molecule has 0 N–H and O–H groups in total. The van der Waals surface area contributed by atoms with Crippen LogP contribution in [0.5, 0.6) is 0 Å². The number of allylic oxidation sites excluding steroid dienone is 1. The second-order valence-corrected chi connectivity index (χ2v) is 3.61. The fourth-order valence-corrected chi connectivity index (χ4v) is 2.29. The first kappa shape index (κ1) is 7.84. The molecule has 66 valence electrons. The number of carbonyl (C=O) groups excluding carboxylic acids is 1. The van der Waals surface area contributed by atoms with Gasteiger partial charge in [0.15, 0.2) is 0 Å². The molecule has 2 aliphatic rings. The molecule has 2 aliphatic carbocycles. The maximum atomic E-state index is 11.3. The molecule has 1 saturated carbocycles. The van der Waals surface area contributed by atoms with Crippen molar-refractivity contribution in [2.45, 2.75) is 26.2 Å². The van der Waals surface area contributed by atoms with Crippen molar-refractivity contribution in [2.75, 3.05) is 6.61 Å². The first-order valence-corrected chi connectivity index (χ1v) is 4.70. The van der Waals surface area contributed by atoms with E-state index in [2.05, 4.69) is 6.08 Å². The van der Waals surface area contributed by atoms with Gasteiger partial charge in [0.2, 0.25) is 0 Å². The van der Waals surface area contributed by atoms with Gasteiger partial charge in [-0.25, -0.2) is 4.79 Å². The Balaban J connectivity index is 2.05. The van der Waals surface area contributed by atoms with E-state index in [1.807, 2.05) is 6.92 Å². The smallest absolute Gasteiger partial charge is 0.333 e. The Hall–Kier alpha value is -0.790.